The Hall–Kier alpha value is -1.55. The van der Waals surface area contributed by atoms with E-state index in [0.717, 1.165) is 31.8 Å². The van der Waals surface area contributed by atoms with Gasteiger partial charge in [-0.15, -0.1) is 0 Å². The molecule has 1 aromatic rings. The van der Waals surface area contributed by atoms with Crippen LogP contribution in [0.5, 0.6) is 0 Å². The Morgan fingerprint density at radius 1 is 1.33 bits per heavy atom. The monoisotopic (exact) mass is 289 g/mol. The molecule has 1 aromatic carbocycles. The van der Waals surface area contributed by atoms with Crippen molar-refractivity contribution in [3.8, 4) is 0 Å². The van der Waals surface area contributed by atoms with Gasteiger partial charge in [-0.1, -0.05) is 13.0 Å². The molecule has 0 aromatic heterocycles. The number of nitrogen functional groups attached to an aromatic ring is 1. The Morgan fingerprint density at radius 3 is 2.81 bits per heavy atom. The first-order valence-corrected chi connectivity index (χ1v) is 8.01. The highest BCUT2D eigenvalue weighted by molar-refractivity contribution is 5.94. The minimum absolute atomic E-state index is 0.0332. The second-order valence-electron chi connectivity index (χ2n) is 6.11. The smallest absolute Gasteiger partial charge is 0.251 e. The van der Waals surface area contributed by atoms with Crippen LogP contribution in [0, 0.1) is 5.92 Å². The predicted octanol–water partition coefficient (Wildman–Crippen LogP) is 2.51. The lowest BCUT2D eigenvalue weighted by Gasteiger charge is -2.30. The van der Waals surface area contributed by atoms with Crippen LogP contribution in [-0.2, 0) is 0 Å². The molecule has 0 atom stereocenters. The molecule has 1 saturated heterocycles. The summed E-state index contributed by atoms with van der Waals surface area (Å²) in [5.74, 6) is 0.855. The molecule has 0 spiro atoms. The fourth-order valence-electron chi connectivity index (χ4n) is 2.73. The maximum absolute atomic E-state index is 11.9. The molecule has 4 nitrogen and oxygen atoms in total. The van der Waals surface area contributed by atoms with Crippen molar-refractivity contribution in [2.45, 2.75) is 32.6 Å². The molecule has 4 heteroatoms. The van der Waals surface area contributed by atoms with Gasteiger partial charge >= 0.3 is 0 Å². The Kier molecular flexibility index (Phi) is 6.05. The van der Waals surface area contributed by atoms with Gasteiger partial charge in [0, 0.05) is 17.8 Å². The number of piperidine rings is 1. The summed E-state index contributed by atoms with van der Waals surface area (Å²) in [7, 11) is 0. The van der Waals surface area contributed by atoms with Crippen molar-refractivity contribution in [3.63, 3.8) is 0 Å². The van der Waals surface area contributed by atoms with Crippen molar-refractivity contribution in [1.82, 2.24) is 10.2 Å². The maximum Gasteiger partial charge on any atom is 0.251 e. The summed E-state index contributed by atoms with van der Waals surface area (Å²) >= 11 is 0. The fourth-order valence-corrected chi connectivity index (χ4v) is 2.73. The van der Waals surface area contributed by atoms with Crippen molar-refractivity contribution in [2.24, 2.45) is 5.92 Å². The van der Waals surface area contributed by atoms with Crippen LogP contribution in [0.15, 0.2) is 24.3 Å². The van der Waals surface area contributed by atoms with E-state index in [0.29, 0.717) is 11.3 Å². The van der Waals surface area contributed by atoms with Crippen molar-refractivity contribution in [2.75, 3.05) is 31.9 Å². The molecule has 1 aliphatic rings. The Labute approximate surface area is 127 Å². The molecular weight excluding hydrogens is 262 g/mol. The Balaban J connectivity index is 1.58. The van der Waals surface area contributed by atoms with Crippen LogP contribution in [0.3, 0.4) is 0 Å². The van der Waals surface area contributed by atoms with Crippen LogP contribution >= 0.6 is 0 Å². The van der Waals surface area contributed by atoms with Gasteiger partial charge in [0.2, 0.25) is 0 Å². The van der Waals surface area contributed by atoms with E-state index in [1.54, 1.807) is 18.2 Å². The van der Waals surface area contributed by atoms with Crippen LogP contribution in [0.2, 0.25) is 0 Å². The molecule has 0 saturated carbocycles. The van der Waals surface area contributed by atoms with Crippen LogP contribution in [-0.4, -0.2) is 37.0 Å². The highest BCUT2D eigenvalue weighted by Gasteiger charge is 2.14. The molecule has 0 bridgehead atoms. The SMILES string of the molecule is CC1CCN(CCCCNC(=O)c2cccc(N)c2)CC1. The standard InChI is InChI=1S/C17H27N3O/c1-14-7-11-20(12-8-14)10-3-2-9-19-17(21)15-5-4-6-16(18)13-15/h4-6,13-14H,2-3,7-12,18H2,1H3,(H,19,21). The zero-order chi connectivity index (χ0) is 15.1. The predicted molar refractivity (Wildman–Crippen MR) is 87.3 cm³/mol. The summed E-state index contributed by atoms with van der Waals surface area (Å²) in [6.45, 7) is 6.69. The number of unbranched alkanes of at least 4 members (excludes halogenated alkanes) is 1. The molecule has 116 valence electrons. The molecule has 3 N–H and O–H groups in total. The second-order valence-corrected chi connectivity index (χ2v) is 6.11. The summed E-state index contributed by atoms with van der Waals surface area (Å²) in [5.41, 5.74) is 6.95. The Morgan fingerprint density at radius 2 is 2.10 bits per heavy atom. The first-order chi connectivity index (χ1) is 10.1. The lowest BCUT2D eigenvalue weighted by atomic mass is 9.99. The van der Waals surface area contributed by atoms with Gasteiger partial charge < -0.3 is 16.0 Å². The third-order valence-corrected chi connectivity index (χ3v) is 4.21. The van der Waals surface area contributed by atoms with Crippen molar-refractivity contribution in [3.05, 3.63) is 29.8 Å². The minimum atomic E-state index is -0.0332. The first kappa shape index (κ1) is 15.8. The average Bonchev–Trinajstić information content (AvgIpc) is 2.48. The molecule has 0 aliphatic carbocycles. The van der Waals surface area contributed by atoms with Crippen LogP contribution < -0.4 is 11.1 Å². The fraction of sp³-hybridized carbons (Fsp3) is 0.588. The van der Waals surface area contributed by atoms with Crippen LogP contribution in [0.25, 0.3) is 0 Å². The van der Waals surface area contributed by atoms with E-state index >= 15 is 0 Å². The molecule has 1 heterocycles. The number of nitrogens with one attached hydrogen (secondary N) is 1. The molecule has 1 fully saturated rings. The number of rotatable bonds is 6. The number of benzene rings is 1. The number of hydrogen-bond donors (Lipinski definition) is 2. The highest BCUT2D eigenvalue weighted by Crippen LogP contribution is 2.16. The number of hydrogen-bond acceptors (Lipinski definition) is 3. The second kappa shape index (κ2) is 8.03. The first-order valence-electron chi connectivity index (χ1n) is 8.01. The number of amides is 1. The van der Waals surface area contributed by atoms with E-state index in [1.807, 2.05) is 6.07 Å². The number of nitrogens with zero attached hydrogens (tertiary/aromatic N) is 1. The van der Waals surface area contributed by atoms with E-state index in [-0.39, 0.29) is 5.91 Å². The number of carbonyl (C=O) groups is 1. The largest absolute Gasteiger partial charge is 0.399 e. The molecule has 1 aliphatic heterocycles. The van der Waals surface area contributed by atoms with Crippen LogP contribution in [0.1, 0.15) is 43.0 Å². The van der Waals surface area contributed by atoms with Gasteiger partial charge in [-0.2, -0.15) is 0 Å². The zero-order valence-corrected chi connectivity index (χ0v) is 13.0. The number of anilines is 1. The summed E-state index contributed by atoms with van der Waals surface area (Å²) in [6, 6.07) is 7.10. The summed E-state index contributed by atoms with van der Waals surface area (Å²) in [5, 5.41) is 2.96. The average molecular weight is 289 g/mol. The molecule has 0 unspecified atom stereocenters. The molecular formula is C17H27N3O. The molecule has 21 heavy (non-hydrogen) atoms. The van der Waals surface area contributed by atoms with Gasteiger partial charge in [-0.05, 0) is 69.4 Å². The number of carbonyl (C=O) groups excluding carboxylic acids is 1. The van der Waals surface area contributed by atoms with Gasteiger partial charge in [0.05, 0.1) is 0 Å². The van der Waals surface area contributed by atoms with Crippen molar-refractivity contribution >= 4 is 11.6 Å². The van der Waals surface area contributed by atoms with E-state index in [4.69, 9.17) is 5.73 Å². The molecule has 0 radical (unpaired) electrons. The number of likely N-dealkylation sites (tertiary alicyclic amines) is 1. The third-order valence-electron chi connectivity index (χ3n) is 4.21. The van der Waals surface area contributed by atoms with E-state index < -0.39 is 0 Å². The van der Waals surface area contributed by atoms with E-state index in [1.165, 1.54) is 25.9 Å². The maximum atomic E-state index is 11.9. The minimum Gasteiger partial charge on any atom is -0.399 e. The van der Waals surface area contributed by atoms with Gasteiger partial charge in [-0.25, -0.2) is 0 Å². The van der Waals surface area contributed by atoms with E-state index in [9.17, 15) is 4.79 Å². The quantitative estimate of drug-likeness (QED) is 0.625. The molecule has 2 rings (SSSR count). The van der Waals surface area contributed by atoms with E-state index in [2.05, 4.69) is 17.1 Å². The van der Waals surface area contributed by atoms with Gasteiger partial charge in [0.1, 0.15) is 0 Å². The highest BCUT2D eigenvalue weighted by atomic mass is 16.1. The van der Waals surface area contributed by atoms with Gasteiger partial charge in [0.15, 0.2) is 0 Å². The summed E-state index contributed by atoms with van der Waals surface area (Å²) in [4.78, 5) is 14.5. The summed E-state index contributed by atoms with van der Waals surface area (Å²) < 4.78 is 0. The number of nitrogens with two attached hydrogens (primary N) is 1. The normalized spacial score (nSPS) is 16.8. The molecule has 1 amide bonds. The van der Waals surface area contributed by atoms with Crippen molar-refractivity contribution < 1.29 is 4.79 Å². The zero-order valence-electron chi connectivity index (χ0n) is 13.0. The third kappa shape index (κ3) is 5.38. The summed E-state index contributed by atoms with van der Waals surface area (Å²) in [6.07, 6.45) is 4.82. The van der Waals surface area contributed by atoms with Crippen molar-refractivity contribution in [1.29, 1.82) is 0 Å². The van der Waals surface area contributed by atoms with Crippen LogP contribution in [0.4, 0.5) is 5.69 Å². The van der Waals surface area contributed by atoms with Gasteiger partial charge in [-0.3, -0.25) is 4.79 Å². The van der Waals surface area contributed by atoms with Gasteiger partial charge in [0.25, 0.3) is 5.91 Å². The lowest BCUT2D eigenvalue weighted by Crippen LogP contribution is -2.34. The lowest BCUT2D eigenvalue weighted by molar-refractivity contribution is 0.0952. The Bertz CT molecular complexity index is 453. The topological polar surface area (TPSA) is 58.4 Å².